The van der Waals surface area contributed by atoms with Crippen LogP contribution in [0.2, 0.25) is 0 Å². The normalized spacial score (nSPS) is 13.8. The molecule has 3 heterocycles. The van der Waals surface area contributed by atoms with Crippen molar-refractivity contribution in [2.75, 3.05) is 0 Å². The largest absolute Gasteiger partial charge is 0.478 e. The van der Waals surface area contributed by atoms with Crippen LogP contribution in [0.25, 0.3) is 44.5 Å². The van der Waals surface area contributed by atoms with E-state index in [9.17, 15) is 4.79 Å². The van der Waals surface area contributed by atoms with Crippen molar-refractivity contribution in [3.63, 3.8) is 0 Å². The maximum atomic E-state index is 10.7. The summed E-state index contributed by atoms with van der Waals surface area (Å²) in [7, 11) is 0. The molecule has 35 heavy (non-hydrogen) atoms. The minimum Gasteiger partial charge on any atom is -0.478 e. The summed E-state index contributed by atoms with van der Waals surface area (Å²) in [6, 6.07) is 23.7. The Hall–Kier alpha value is -4.75. The summed E-state index contributed by atoms with van der Waals surface area (Å²) in [6.45, 7) is 0. The highest BCUT2D eigenvalue weighted by molar-refractivity contribution is 6.03. The summed E-state index contributed by atoms with van der Waals surface area (Å²) >= 11 is 0. The van der Waals surface area contributed by atoms with Crippen molar-refractivity contribution in [3.8, 4) is 22.5 Å². The van der Waals surface area contributed by atoms with Gasteiger partial charge in [0.25, 0.3) is 0 Å². The summed E-state index contributed by atoms with van der Waals surface area (Å²) < 4.78 is 0. The lowest BCUT2D eigenvalue weighted by Gasteiger charge is -2.08. The van der Waals surface area contributed by atoms with Gasteiger partial charge in [0.05, 0.1) is 28.8 Å². The minimum absolute atomic E-state index is 0.0767. The van der Waals surface area contributed by atoms with E-state index < -0.39 is 5.97 Å². The number of benzene rings is 3. The monoisotopic (exact) mass is 459 g/mol. The lowest BCUT2D eigenvalue weighted by atomic mass is 9.99. The highest BCUT2D eigenvalue weighted by Crippen LogP contribution is 2.46. The van der Waals surface area contributed by atoms with Crippen LogP contribution in [-0.2, 0) is 0 Å². The first-order chi connectivity index (χ1) is 17.1. The fourth-order valence-electron chi connectivity index (χ4n) is 4.72. The predicted molar refractivity (Wildman–Crippen MR) is 136 cm³/mol. The number of imidazole rings is 1. The number of rotatable bonds is 2. The summed E-state index contributed by atoms with van der Waals surface area (Å²) in [4.78, 5) is 25.8. The molecule has 0 saturated carbocycles. The molecule has 0 spiro atoms. The van der Waals surface area contributed by atoms with Gasteiger partial charge in [-0.3, -0.25) is 4.98 Å². The van der Waals surface area contributed by atoms with E-state index in [1.54, 1.807) is 18.5 Å². The zero-order chi connectivity index (χ0) is 23.9. The number of hydrogen-bond acceptors (Lipinski definition) is 4. The third-order valence-corrected chi connectivity index (χ3v) is 6.36. The van der Waals surface area contributed by atoms with Crippen LogP contribution in [0.5, 0.6) is 0 Å². The second-order valence-corrected chi connectivity index (χ2v) is 8.37. The average molecular weight is 460 g/mol. The number of aromatic nitrogens is 4. The molecule has 5 N–H and O–H groups in total. The molecule has 1 aliphatic carbocycles. The number of carboxylic acid groups (broad SMARTS) is 1. The van der Waals surface area contributed by atoms with Crippen LogP contribution < -0.4 is 5.73 Å². The van der Waals surface area contributed by atoms with Crippen LogP contribution >= 0.6 is 0 Å². The van der Waals surface area contributed by atoms with Crippen LogP contribution in [0, 0.1) is 0 Å². The average Bonchev–Trinajstić information content (AvgIpc) is 3.59. The number of H-pyrrole nitrogens is 2. The molecule has 0 saturated heterocycles. The Kier molecular flexibility index (Phi) is 4.90. The van der Waals surface area contributed by atoms with E-state index in [1.807, 2.05) is 36.4 Å². The molecule has 0 radical (unpaired) electrons. The molecule has 3 aromatic carbocycles. The molecule has 7 rings (SSSR count). The Morgan fingerprint density at radius 2 is 1.66 bits per heavy atom. The number of hydrogen-bond donors (Lipinski definition) is 4. The van der Waals surface area contributed by atoms with Crippen LogP contribution in [-0.4, -0.2) is 31.0 Å². The lowest BCUT2D eigenvalue weighted by molar-refractivity contribution is 0.0699. The predicted octanol–water partition coefficient (Wildman–Crippen LogP) is 5.52. The van der Waals surface area contributed by atoms with E-state index in [0.29, 0.717) is 5.56 Å². The van der Waals surface area contributed by atoms with Gasteiger partial charge in [-0.2, -0.15) is 0 Å². The van der Waals surface area contributed by atoms with Gasteiger partial charge in [-0.1, -0.05) is 60.7 Å². The van der Waals surface area contributed by atoms with E-state index in [0.717, 1.165) is 38.9 Å². The summed E-state index contributed by atoms with van der Waals surface area (Å²) in [5.41, 5.74) is 15.3. The fraction of sp³-hybridized carbons (Fsp3) is 0.0357. The molecule has 7 heteroatoms. The van der Waals surface area contributed by atoms with E-state index in [4.69, 9.17) is 15.8 Å². The molecule has 1 aliphatic rings. The van der Waals surface area contributed by atoms with Crippen LogP contribution in [0.15, 0.2) is 91.4 Å². The van der Waals surface area contributed by atoms with Crippen molar-refractivity contribution in [1.82, 2.24) is 19.9 Å². The zero-order valence-corrected chi connectivity index (χ0v) is 18.6. The third kappa shape index (κ3) is 3.46. The SMILES string of the molecule is NC1c2ccccc2-c2c(-c3nc4ccncc4[nH]3)cccc21.O=C(O)c1c[nH]c2ccccc12. The molecule has 0 amide bonds. The van der Waals surface area contributed by atoms with Gasteiger partial charge < -0.3 is 20.8 Å². The third-order valence-electron chi connectivity index (χ3n) is 6.36. The topological polar surface area (TPSA) is 121 Å². The lowest BCUT2D eigenvalue weighted by Crippen LogP contribution is -2.07. The van der Waals surface area contributed by atoms with Crippen molar-refractivity contribution in [3.05, 3.63) is 108 Å². The summed E-state index contributed by atoms with van der Waals surface area (Å²) in [5.74, 6) is -0.0406. The standard InChI is InChI=1S/C19H14N4.C9H7NO2/c20-18-12-5-2-1-4-11(12)17-13(18)6-3-7-14(17)19-22-15-8-9-21-10-16(15)23-19;11-9(12)7-5-10-8-4-2-1-3-6(7)8/h1-10,18H,20H2,(H,22,23);1-5,10H,(H,11,12). The van der Waals surface area contributed by atoms with Crippen molar-refractivity contribution in [1.29, 1.82) is 0 Å². The van der Waals surface area contributed by atoms with Crippen molar-refractivity contribution >= 4 is 27.9 Å². The number of carbonyl (C=O) groups is 1. The molecule has 3 aromatic heterocycles. The van der Waals surface area contributed by atoms with Crippen LogP contribution in [0.4, 0.5) is 0 Å². The number of nitrogens with one attached hydrogen (secondary N) is 2. The quantitative estimate of drug-likeness (QED) is 0.272. The Morgan fingerprint density at radius 3 is 2.51 bits per heavy atom. The van der Waals surface area contributed by atoms with E-state index >= 15 is 0 Å². The smallest absolute Gasteiger partial charge is 0.337 e. The maximum Gasteiger partial charge on any atom is 0.337 e. The molecule has 0 aliphatic heterocycles. The number of pyridine rings is 1. The Morgan fingerprint density at radius 1 is 0.886 bits per heavy atom. The van der Waals surface area contributed by atoms with Gasteiger partial charge in [-0.05, 0) is 34.4 Å². The van der Waals surface area contributed by atoms with Gasteiger partial charge >= 0.3 is 5.97 Å². The molecule has 0 bridgehead atoms. The Bertz CT molecular complexity index is 1680. The number of nitrogens with two attached hydrogens (primary N) is 1. The van der Waals surface area contributed by atoms with E-state index in [-0.39, 0.29) is 6.04 Å². The molecule has 6 aromatic rings. The molecule has 1 unspecified atom stereocenters. The van der Waals surface area contributed by atoms with Crippen molar-refractivity contribution in [2.45, 2.75) is 6.04 Å². The summed E-state index contributed by atoms with van der Waals surface area (Å²) in [5, 5.41) is 9.51. The number of nitrogens with zero attached hydrogens (tertiary/aromatic N) is 2. The number of carboxylic acids is 1. The van der Waals surface area contributed by atoms with Gasteiger partial charge in [0.1, 0.15) is 5.82 Å². The van der Waals surface area contributed by atoms with Crippen molar-refractivity contribution < 1.29 is 9.90 Å². The van der Waals surface area contributed by atoms with Gasteiger partial charge in [0.15, 0.2) is 0 Å². The number of fused-ring (bicyclic) bond motifs is 5. The first-order valence-corrected chi connectivity index (χ1v) is 11.2. The van der Waals surface area contributed by atoms with Gasteiger partial charge in [-0.25, -0.2) is 9.78 Å². The maximum absolute atomic E-state index is 10.7. The second-order valence-electron chi connectivity index (χ2n) is 8.37. The number of para-hydroxylation sites is 1. The molecular formula is C28H21N5O2. The molecular weight excluding hydrogens is 438 g/mol. The highest BCUT2D eigenvalue weighted by Gasteiger charge is 2.28. The van der Waals surface area contributed by atoms with Crippen LogP contribution in [0.1, 0.15) is 27.5 Å². The number of aromatic carboxylic acids is 1. The van der Waals surface area contributed by atoms with Crippen LogP contribution in [0.3, 0.4) is 0 Å². The van der Waals surface area contributed by atoms with Gasteiger partial charge in [0.2, 0.25) is 0 Å². The first kappa shape index (κ1) is 20.8. The molecule has 7 nitrogen and oxygen atoms in total. The highest BCUT2D eigenvalue weighted by atomic mass is 16.4. The Balaban J connectivity index is 0.000000161. The minimum atomic E-state index is -0.896. The second kappa shape index (κ2) is 8.23. The van der Waals surface area contributed by atoms with E-state index in [2.05, 4.69) is 45.3 Å². The number of aromatic amines is 2. The summed E-state index contributed by atoms with van der Waals surface area (Å²) in [6.07, 6.45) is 5.06. The van der Waals surface area contributed by atoms with Gasteiger partial charge in [0, 0.05) is 28.9 Å². The van der Waals surface area contributed by atoms with Gasteiger partial charge in [-0.15, -0.1) is 0 Å². The Labute approximate surface area is 200 Å². The van der Waals surface area contributed by atoms with Crippen molar-refractivity contribution in [2.24, 2.45) is 5.73 Å². The van der Waals surface area contributed by atoms with E-state index in [1.165, 1.54) is 22.9 Å². The molecule has 170 valence electrons. The fourth-order valence-corrected chi connectivity index (χ4v) is 4.72. The molecule has 1 atom stereocenters. The zero-order valence-electron chi connectivity index (χ0n) is 18.6. The molecule has 0 fully saturated rings. The first-order valence-electron chi connectivity index (χ1n) is 11.2.